The summed E-state index contributed by atoms with van der Waals surface area (Å²) >= 11 is 3.68. The first-order valence-electron chi connectivity index (χ1n) is 7.62. The Morgan fingerprint density at radius 3 is 2.84 bits per heavy atom. The van der Waals surface area contributed by atoms with Gasteiger partial charge in [0, 0.05) is 13.0 Å². The SMILES string of the molecule is CCCNCC1CCCCCC1c1c(Br)cnn1C. The van der Waals surface area contributed by atoms with Crippen molar-refractivity contribution in [1.82, 2.24) is 15.1 Å². The Hall–Kier alpha value is -0.350. The van der Waals surface area contributed by atoms with Crippen LogP contribution in [0.4, 0.5) is 0 Å². The van der Waals surface area contributed by atoms with Crippen LogP contribution in [0.2, 0.25) is 0 Å². The molecule has 1 fully saturated rings. The third-order valence-electron chi connectivity index (χ3n) is 4.28. The largest absolute Gasteiger partial charge is 0.316 e. The second-order valence-corrected chi connectivity index (χ2v) is 6.56. The Kier molecular flexibility index (Phi) is 5.89. The average molecular weight is 328 g/mol. The Morgan fingerprint density at radius 1 is 1.37 bits per heavy atom. The first kappa shape index (κ1) is 15.0. The molecule has 1 heterocycles. The van der Waals surface area contributed by atoms with Crippen molar-refractivity contribution >= 4 is 15.9 Å². The average Bonchev–Trinajstić information content (AvgIpc) is 2.62. The van der Waals surface area contributed by atoms with E-state index in [1.54, 1.807) is 0 Å². The number of aryl methyl sites for hydroxylation is 1. The molecule has 0 aromatic carbocycles. The second-order valence-electron chi connectivity index (χ2n) is 5.71. The highest BCUT2D eigenvalue weighted by molar-refractivity contribution is 9.10. The first-order chi connectivity index (χ1) is 9.24. The van der Waals surface area contributed by atoms with Crippen molar-refractivity contribution < 1.29 is 0 Å². The molecule has 4 heteroatoms. The standard InChI is InChI=1S/C15H26BrN3/c1-3-9-17-10-12-7-5-4-6-8-13(12)15-14(16)11-18-19(15)2/h11-13,17H,3-10H2,1-2H3. The van der Waals surface area contributed by atoms with Gasteiger partial charge in [-0.05, 0) is 54.2 Å². The monoisotopic (exact) mass is 327 g/mol. The molecule has 2 atom stereocenters. The number of hydrogen-bond acceptors (Lipinski definition) is 2. The van der Waals surface area contributed by atoms with Crippen LogP contribution >= 0.6 is 15.9 Å². The molecule has 2 rings (SSSR count). The maximum atomic E-state index is 4.40. The molecule has 1 N–H and O–H groups in total. The van der Waals surface area contributed by atoms with Gasteiger partial charge in [-0.2, -0.15) is 5.10 Å². The van der Waals surface area contributed by atoms with E-state index in [0.29, 0.717) is 5.92 Å². The summed E-state index contributed by atoms with van der Waals surface area (Å²) in [5.74, 6) is 1.40. The van der Waals surface area contributed by atoms with Gasteiger partial charge in [0.1, 0.15) is 0 Å². The van der Waals surface area contributed by atoms with Crippen molar-refractivity contribution in [3.8, 4) is 0 Å². The molecule has 0 amide bonds. The number of nitrogens with one attached hydrogen (secondary N) is 1. The van der Waals surface area contributed by atoms with Crippen molar-refractivity contribution in [2.45, 2.75) is 51.4 Å². The van der Waals surface area contributed by atoms with Crippen LogP contribution in [-0.4, -0.2) is 22.9 Å². The quantitative estimate of drug-likeness (QED) is 0.657. The van der Waals surface area contributed by atoms with Crippen LogP contribution in [0.25, 0.3) is 0 Å². The maximum absolute atomic E-state index is 4.40. The summed E-state index contributed by atoms with van der Waals surface area (Å²) in [7, 11) is 2.07. The van der Waals surface area contributed by atoms with Gasteiger partial charge >= 0.3 is 0 Å². The van der Waals surface area contributed by atoms with Crippen molar-refractivity contribution in [2.24, 2.45) is 13.0 Å². The summed E-state index contributed by atoms with van der Waals surface area (Å²) in [5, 5.41) is 8.02. The zero-order valence-corrected chi connectivity index (χ0v) is 13.7. The van der Waals surface area contributed by atoms with Crippen molar-refractivity contribution in [1.29, 1.82) is 0 Å². The Morgan fingerprint density at radius 2 is 2.16 bits per heavy atom. The van der Waals surface area contributed by atoms with Gasteiger partial charge in [0.25, 0.3) is 0 Å². The van der Waals surface area contributed by atoms with E-state index in [9.17, 15) is 0 Å². The molecule has 1 saturated carbocycles. The summed E-state index contributed by atoms with van der Waals surface area (Å²) < 4.78 is 3.25. The fourth-order valence-electron chi connectivity index (χ4n) is 3.29. The summed E-state index contributed by atoms with van der Waals surface area (Å²) in [6.07, 6.45) is 9.92. The molecule has 0 saturated heterocycles. The predicted octanol–water partition coefficient (Wildman–Crippen LogP) is 3.85. The Labute approximate surface area is 125 Å². The predicted molar refractivity (Wildman–Crippen MR) is 83.4 cm³/mol. The van der Waals surface area contributed by atoms with Crippen molar-refractivity contribution in [3.63, 3.8) is 0 Å². The zero-order chi connectivity index (χ0) is 13.7. The van der Waals surface area contributed by atoms with Gasteiger partial charge in [-0.25, -0.2) is 0 Å². The van der Waals surface area contributed by atoms with E-state index in [2.05, 4.69) is 45.0 Å². The Bertz CT molecular complexity index is 369. The van der Waals surface area contributed by atoms with E-state index < -0.39 is 0 Å². The van der Waals surface area contributed by atoms with Gasteiger partial charge in [0.2, 0.25) is 0 Å². The third kappa shape index (κ3) is 3.82. The highest BCUT2D eigenvalue weighted by atomic mass is 79.9. The second kappa shape index (κ2) is 7.44. The Balaban J connectivity index is 2.12. The van der Waals surface area contributed by atoms with Gasteiger partial charge in [-0.1, -0.05) is 26.2 Å². The topological polar surface area (TPSA) is 29.9 Å². The number of aromatic nitrogens is 2. The minimum Gasteiger partial charge on any atom is -0.316 e. The van der Waals surface area contributed by atoms with E-state index in [1.807, 2.05) is 6.20 Å². The summed E-state index contributed by atoms with van der Waals surface area (Å²) in [5.41, 5.74) is 1.39. The van der Waals surface area contributed by atoms with Crippen molar-refractivity contribution in [2.75, 3.05) is 13.1 Å². The van der Waals surface area contributed by atoms with Crippen LogP contribution in [0, 0.1) is 5.92 Å². The molecule has 1 aromatic heterocycles. The molecular weight excluding hydrogens is 302 g/mol. The van der Waals surface area contributed by atoms with Gasteiger partial charge in [-0.3, -0.25) is 4.68 Å². The molecule has 1 aliphatic rings. The summed E-state index contributed by atoms with van der Waals surface area (Å²) in [6.45, 7) is 4.52. The highest BCUT2D eigenvalue weighted by Crippen LogP contribution is 2.38. The lowest BCUT2D eigenvalue weighted by Gasteiger charge is -2.26. The van der Waals surface area contributed by atoms with Crippen molar-refractivity contribution in [3.05, 3.63) is 16.4 Å². The van der Waals surface area contributed by atoms with Crippen LogP contribution in [-0.2, 0) is 7.05 Å². The lowest BCUT2D eigenvalue weighted by Crippen LogP contribution is -2.28. The molecule has 0 radical (unpaired) electrons. The minimum atomic E-state index is 0.647. The van der Waals surface area contributed by atoms with Crippen LogP contribution in [0.1, 0.15) is 57.1 Å². The lowest BCUT2D eigenvalue weighted by molar-refractivity contribution is 0.361. The molecule has 2 unspecified atom stereocenters. The van der Waals surface area contributed by atoms with Gasteiger partial charge < -0.3 is 5.32 Å². The molecule has 0 aliphatic heterocycles. The van der Waals surface area contributed by atoms with E-state index in [0.717, 1.165) is 19.0 Å². The van der Waals surface area contributed by atoms with E-state index in [-0.39, 0.29) is 0 Å². The molecule has 1 aliphatic carbocycles. The smallest absolute Gasteiger partial charge is 0.0635 e. The molecule has 0 bridgehead atoms. The molecule has 19 heavy (non-hydrogen) atoms. The van der Waals surface area contributed by atoms with Gasteiger partial charge in [-0.15, -0.1) is 0 Å². The minimum absolute atomic E-state index is 0.647. The fraction of sp³-hybridized carbons (Fsp3) is 0.800. The van der Waals surface area contributed by atoms with Gasteiger partial charge in [0.15, 0.2) is 0 Å². The number of halogens is 1. The normalized spacial score (nSPS) is 24.4. The molecule has 108 valence electrons. The lowest BCUT2D eigenvalue weighted by atomic mass is 9.85. The summed E-state index contributed by atoms with van der Waals surface area (Å²) in [4.78, 5) is 0. The fourth-order valence-corrected chi connectivity index (χ4v) is 3.93. The third-order valence-corrected chi connectivity index (χ3v) is 4.89. The van der Waals surface area contributed by atoms with E-state index >= 15 is 0 Å². The molecular formula is C15H26BrN3. The van der Waals surface area contributed by atoms with Crippen LogP contribution in [0.5, 0.6) is 0 Å². The molecule has 3 nitrogen and oxygen atoms in total. The maximum Gasteiger partial charge on any atom is 0.0635 e. The number of nitrogens with zero attached hydrogens (tertiary/aromatic N) is 2. The number of rotatable bonds is 5. The first-order valence-corrected chi connectivity index (χ1v) is 8.41. The van der Waals surface area contributed by atoms with Crippen LogP contribution in [0.15, 0.2) is 10.7 Å². The molecule has 1 aromatic rings. The molecule has 0 spiro atoms. The zero-order valence-electron chi connectivity index (χ0n) is 12.2. The summed E-state index contributed by atoms with van der Waals surface area (Å²) in [6, 6.07) is 0. The van der Waals surface area contributed by atoms with E-state index in [1.165, 1.54) is 48.7 Å². The number of hydrogen-bond donors (Lipinski definition) is 1. The van der Waals surface area contributed by atoms with Crippen LogP contribution < -0.4 is 5.32 Å². The van der Waals surface area contributed by atoms with E-state index in [4.69, 9.17) is 0 Å². The van der Waals surface area contributed by atoms with Crippen LogP contribution in [0.3, 0.4) is 0 Å². The highest BCUT2D eigenvalue weighted by Gasteiger charge is 2.28. The van der Waals surface area contributed by atoms with Gasteiger partial charge in [0.05, 0.1) is 16.4 Å².